The Morgan fingerprint density at radius 2 is 1.85 bits per heavy atom. The highest BCUT2D eigenvalue weighted by Gasteiger charge is 2.23. The summed E-state index contributed by atoms with van der Waals surface area (Å²) in [5.41, 5.74) is 1.06. The molecule has 0 saturated heterocycles. The van der Waals surface area contributed by atoms with Crippen molar-refractivity contribution in [1.82, 2.24) is 0 Å². The van der Waals surface area contributed by atoms with Gasteiger partial charge < -0.3 is 4.74 Å². The van der Waals surface area contributed by atoms with E-state index in [9.17, 15) is 13.6 Å². The van der Waals surface area contributed by atoms with Crippen molar-refractivity contribution in [3.05, 3.63) is 35.4 Å². The minimum atomic E-state index is -2.79. The molecule has 20 heavy (non-hydrogen) atoms. The maximum Gasteiger partial charge on any atom is 0.305 e. The van der Waals surface area contributed by atoms with Crippen LogP contribution in [0, 0.1) is 0 Å². The van der Waals surface area contributed by atoms with Crippen molar-refractivity contribution < 1.29 is 18.3 Å². The van der Waals surface area contributed by atoms with Crippen LogP contribution < -0.4 is 0 Å². The van der Waals surface area contributed by atoms with Gasteiger partial charge in [0.1, 0.15) is 0 Å². The van der Waals surface area contributed by atoms with Gasteiger partial charge in [-0.15, -0.1) is 0 Å². The molecular weight excluding hydrogens is 262 g/mol. The molecule has 4 heteroatoms. The number of hydrogen-bond acceptors (Lipinski definition) is 2. The SMILES string of the molecule is CCCC(=O)OCCCCc1ccc(C(C)(F)F)cc1. The minimum absolute atomic E-state index is 0.0368. The first-order valence-corrected chi connectivity index (χ1v) is 7.06. The quantitative estimate of drug-likeness (QED) is 0.520. The summed E-state index contributed by atoms with van der Waals surface area (Å²) in [5, 5.41) is 0. The number of halogens is 2. The second-order valence-corrected chi connectivity index (χ2v) is 5.01. The van der Waals surface area contributed by atoms with Gasteiger partial charge in [-0.25, -0.2) is 8.78 Å². The molecule has 0 aliphatic carbocycles. The van der Waals surface area contributed by atoms with E-state index in [0.717, 1.165) is 38.2 Å². The van der Waals surface area contributed by atoms with Crippen LogP contribution in [0.25, 0.3) is 0 Å². The smallest absolute Gasteiger partial charge is 0.305 e. The molecule has 0 aliphatic heterocycles. The lowest BCUT2D eigenvalue weighted by Gasteiger charge is -2.11. The molecule has 0 N–H and O–H groups in total. The van der Waals surface area contributed by atoms with E-state index in [-0.39, 0.29) is 11.5 Å². The van der Waals surface area contributed by atoms with Crippen molar-refractivity contribution in [3.8, 4) is 0 Å². The highest BCUT2D eigenvalue weighted by Crippen LogP contribution is 2.26. The van der Waals surface area contributed by atoms with Crippen LogP contribution in [0.1, 0.15) is 50.7 Å². The highest BCUT2D eigenvalue weighted by atomic mass is 19.3. The fourth-order valence-electron chi connectivity index (χ4n) is 1.86. The van der Waals surface area contributed by atoms with Crippen LogP contribution in [-0.4, -0.2) is 12.6 Å². The number of unbranched alkanes of at least 4 members (excludes halogenated alkanes) is 1. The lowest BCUT2D eigenvalue weighted by Crippen LogP contribution is -2.07. The zero-order valence-electron chi connectivity index (χ0n) is 12.1. The van der Waals surface area contributed by atoms with Gasteiger partial charge in [0.2, 0.25) is 0 Å². The van der Waals surface area contributed by atoms with E-state index in [2.05, 4.69) is 0 Å². The summed E-state index contributed by atoms with van der Waals surface area (Å²) in [5.74, 6) is -2.94. The van der Waals surface area contributed by atoms with Crippen molar-refractivity contribution in [2.24, 2.45) is 0 Å². The predicted molar refractivity (Wildman–Crippen MR) is 74.8 cm³/mol. The van der Waals surface area contributed by atoms with Gasteiger partial charge in [-0.2, -0.15) is 0 Å². The molecule has 0 aromatic heterocycles. The van der Waals surface area contributed by atoms with Crippen LogP contribution in [0.5, 0.6) is 0 Å². The number of ether oxygens (including phenoxy) is 1. The zero-order valence-corrected chi connectivity index (χ0v) is 12.1. The molecule has 0 fully saturated rings. The van der Waals surface area contributed by atoms with E-state index in [1.165, 1.54) is 12.1 Å². The first-order valence-electron chi connectivity index (χ1n) is 7.06. The molecule has 1 aromatic carbocycles. The first-order chi connectivity index (χ1) is 9.43. The van der Waals surface area contributed by atoms with Gasteiger partial charge in [0.05, 0.1) is 6.61 Å². The Hall–Kier alpha value is -1.45. The standard InChI is InChI=1S/C16H22F2O2/c1-3-6-15(19)20-12-5-4-7-13-8-10-14(11-9-13)16(2,17)18/h8-11H,3-7,12H2,1-2H3. The zero-order chi connectivity index (χ0) is 15.0. The molecule has 1 rings (SSSR count). The third kappa shape index (κ3) is 6.13. The van der Waals surface area contributed by atoms with Gasteiger partial charge >= 0.3 is 5.97 Å². The normalized spacial score (nSPS) is 11.4. The van der Waals surface area contributed by atoms with Crippen molar-refractivity contribution in [3.63, 3.8) is 0 Å². The van der Waals surface area contributed by atoms with Crippen LogP contribution in [0.2, 0.25) is 0 Å². The number of alkyl halides is 2. The molecule has 0 unspecified atom stereocenters. The Balaban J connectivity index is 2.24. The van der Waals surface area contributed by atoms with Gasteiger partial charge in [-0.3, -0.25) is 4.79 Å². The molecule has 0 bridgehead atoms. The predicted octanol–water partition coefficient (Wildman–Crippen LogP) is 4.46. The molecule has 1 aromatic rings. The lowest BCUT2D eigenvalue weighted by atomic mass is 10.0. The average Bonchev–Trinajstić information content (AvgIpc) is 2.38. The Kier molecular flexibility index (Phi) is 6.62. The fourth-order valence-corrected chi connectivity index (χ4v) is 1.86. The van der Waals surface area contributed by atoms with E-state index in [1.54, 1.807) is 12.1 Å². The molecule has 0 saturated carbocycles. The van der Waals surface area contributed by atoms with Crippen LogP contribution in [0.4, 0.5) is 8.78 Å². The first kappa shape index (κ1) is 16.6. The van der Waals surface area contributed by atoms with Crippen molar-refractivity contribution in [2.75, 3.05) is 6.61 Å². The molecule has 0 heterocycles. The number of aryl methyl sites for hydroxylation is 1. The molecule has 0 amide bonds. The topological polar surface area (TPSA) is 26.3 Å². The number of rotatable bonds is 8. The molecule has 2 nitrogen and oxygen atoms in total. The maximum absolute atomic E-state index is 13.0. The largest absolute Gasteiger partial charge is 0.466 e. The Labute approximate surface area is 119 Å². The minimum Gasteiger partial charge on any atom is -0.466 e. The summed E-state index contributed by atoms with van der Waals surface area (Å²) in [6.07, 6.45) is 3.74. The third-order valence-electron chi connectivity index (χ3n) is 3.04. The molecule has 112 valence electrons. The number of carbonyl (C=O) groups excluding carboxylic acids is 1. The highest BCUT2D eigenvalue weighted by molar-refractivity contribution is 5.69. The maximum atomic E-state index is 13.0. The molecular formula is C16H22F2O2. The summed E-state index contributed by atoms with van der Waals surface area (Å²) in [7, 11) is 0. The number of esters is 1. The summed E-state index contributed by atoms with van der Waals surface area (Å²) in [6.45, 7) is 3.27. The van der Waals surface area contributed by atoms with Gasteiger partial charge in [-0.1, -0.05) is 31.2 Å². The van der Waals surface area contributed by atoms with E-state index in [4.69, 9.17) is 4.74 Å². The second kappa shape index (κ2) is 7.98. The fraction of sp³-hybridized carbons (Fsp3) is 0.562. The average molecular weight is 284 g/mol. The number of benzene rings is 1. The summed E-state index contributed by atoms with van der Waals surface area (Å²) < 4.78 is 31.1. The Morgan fingerprint density at radius 1 is 1.20 bits per heavy atom. The summed E-state index contributed by atoms with van der Waals surface area (Å²) in [4.78, 5) is 11.1. The van der Waals surface area contributed by atoms with Crippen LogP contribution in [0.15, 0.2) is 24.3 Å². The van der Waals surface area contributed by atoms with E-state index < -0.39 is 5.92 Å². The lowest BCUT2D eigenvalue weighted by molar-refractivity contribution is -0.143. The number of hydrogen-bond donors (Lipinski definition) is 0. The second-order valence-electron chi connectivity index (χ2n) is 5.01. The van der Waals surface area contributed by atoms with Crippen molar-refractivity contribution in [2.45, 2.75) is 51.9 Å². The summed E-state index contributed by atoms with van der Waals surface area (Å²) in [6, 6.07) is 6.40. The molecule has 0 atom stereocenters. The Morgan fingerprint density at radius 3 is 2.40 bits per heavy atom. The van der Waals surface area contributed by atoms with Gasteiger partial charge in [0, 0.05) is 18.9 Å². The van der Waals surface area contributed by atoms with Crippen LogP contribution >= 0.6 is 0 Å². The Bertz CT molecular complexity index is 407. The van der Waals surface area contributed by atoms with Gasteiger partial charge in [-0.05, 0) is 31.2 Å². The number of carbonyl (C=O) groups is 1. The third-order valence-corrected chi connectivity index (χ3v) is 3.04. The van der Waals surface area contributed by atoms with Crippen LogP contribution in [0.3, 0.4) is 0 Å². The van der Waals surface area contributed by atoms with Crippen molar-refractivity contribution in [1.29, 1.82) is 0 Å². The van der Waals surface area contributed by atoms with Gasteiger partial charge in [0.25, 0.3) is 5.92 Å². The molecule has 0 aliphatic rings. The van der Waals surface area contributed by atoms with Gasteiger partial charge in [0.15, 0.2) is 0 Å². The van der Waals surface area contributed by atoms with E-state index in [1.807, 2.05) is 6.92 Å². The van der Waals surface area contributed by atoms with Crippen molar-refractivity contribution >= 4 is 5.97 Å². The van der Waals surface area contributed by atoms with Crippen LogP contribution in [-0.2, 0) is 21.9 Å². The summed E-state index contributed by atoms with van der Waals surface area (Å²) >= 11 is 0. The van der Waals surface area contributed by atoms with E-state index >= 15 is 0 Å². The molecule has 0 radical (unpaired) electrons. The molecule has 0 spiro atoms. The van der Waals surface area contributed by atoms with E-state index in [0.29, 0.717) is 13.0 Å². The monoisotopic (exact) mass is 284 g/mol.